The molecule has 8 rings (SSSR count). The second kappa shape index (κ2) is 24.2. The van der Waals surface area contributed by atoms with E-state index in [0.29, 0.717) is 25.7 Å². The van der Waals surface area contributed by atoms with Crippen LogP contribution in [0.4, 0.5) is 0 Å². The highest BCUT2D eigenvalue weighted by Crippen LogP contribution is 2.71. The van der Waals surface area contributed by atoms with E-state index in [1.807, 2.05) is 20.8 Å². The largest absolute Gasteiger partial charge is 0.462 e. The van der Waals surface area contributed by atoms with Gasteiger partial charge in [-0.25, -0.2) is 0 Å². The van der Waals surface area contributed by atoms with Crippen LogP contribution in [0.5, 0.6) is 0 Å². The average molecular weight is 1110 g/mol. The van der Waals surface area contributed by atoms with E-state index >= 15 is 0 Å². The molecule has 77 heavy (non-hydrogen) atoms. The molecule has 0 amide bonds. The molecule has 29 atom stereocenters. The van der Waals surface area contributed by atoms with Gasteiger partial charge in [-0.2, -0.15) is 0 Å². The Balaban J connectivity index is 0.859. The number of aliphatic hydroxyl groups excluding tert-OH is 5. The van der Waals surface area contributed by atoms with Crippen LogP contribution in [0.3, 0.4) is 0 Å². The Labute approximate surface area is 453 Å². The van der Waals surface area contributed by atoms with Crippen molar-refractivity contribution in [2.24, 2.45) is 34.5 Å². The summed E-state index contributed by atoms with van der Waals surface area (Å²) in [6, 6.07) is 0. The molecule has 444 valence electrons. The average Bonchev–Trinajstić information content (AvgIpc) is 3.92. The van der Waals surface area contributed by atoms with E-state index in [0.717, 1.165) is 32.1 Å². The van der Waals surface area contributed by atoms with Crippen molar-refractivity contribution in [3.63, 3.8) is 0 Å². The van der Waals surface area contributed by atoms with Gasteiger partial charge in [-0.15, -0.1) is 0 Å². The van der Waals surface area contributed by atoms with E-state index in [-0.39, 0.29) is 48.0 Å². The molecule has 4 aliphatic heterocycles. The number of carbonyl (C=O) groups excluding carboxylic acids is 2. The first-order chi connectivity index (χ1) is 36.3. The predicted molar refractivity (Wildman–Crippen MR) is 268 cm³/mol. The van der Waals surface area contributed by atoms with Crippen LogP contribution < -0.4 is 0 Å². The van der Waals surface area contributed by atoms with Crippen molar-refractivity contribution in [2.45, 2.75) is 273 Å². The first-order valence-corrected chi connectivity index (χ1v) is 28.3. The van der Waals surface area contributed by atoms with Crippen molar-refractivity contribution in [3.05, 3.63) is 0 Å². The molecule has 8 aliphatic rings. The van der Waals surface area contributed by atoms with Crippen LogP contribution in [0.1, 0.15) is 133 Å². The van der Waals surface area contributed by atoms with Crippen LogP contribution in [0, 0.1) is 34.5 Å². The van der Waals surface area contributed by atoms with Crippen molar-refractivity contribution >= 4 is 11.9 Å². The van der Waals surface area contributed by atoms with Crippen molar-refractivity contribution in [2.75, 3.05) is 27.9 Å². The topological polar surface area (TPSA) is 296 Å². The van der Waals surface area contributed by atoms with Crippen LogP contribution in [-0.2, 0) is 71.2 Å². The molecule has 0 spiro atoms. The van der Waals surface area contributed by atoms with Crippen LogP contribution in [0.2, 0.25) is 0 Å². The highest BCUT2D eigenvalue weighted by atomic mass is 16.8. The third kappa shape index (κ3) is 11.2. The smallest absolute Gasteiger partial charge is 0.309 e. The van der Waals surface area contributed by atoms with E-state index in [1.165, 1.54) is 14.0 Å². The third-order valence-corrected chi connectivity index (χ3v) is 20.3. The number of esters is 2. The van der Waals surface area contributed by atoms with Gasteiger partial charge in [0.25, 0.3) is 0 Å². The molecule has 0 unspecified atom stereocenters. The Morgan fingerprint density at radius 1 is 0.649 bits per heavy atom. The van der Waals surface area contributed by atoms with E-state index in [9.17, 15) is 45.3 Å². The highest BCUT2D eigenvalue weighted by Gasteiger charge is 2.77. The summed E-state index contributed by atoms with van der Waals surface area (Å²) < 4.78 is 80.2. The molecule has 0 aromatic heterocycles. The summed E-state index contributed by atoms with van der Waals surface area (Å²) in [5.41, 5.74) is -4.51. The van der Waals surface area contributed by atoms with E-state index in [4.69, 9.17) is 61.6 Å². The normalized spacial score (nSPS) is 50.9. The lowest BCUT2D eigenvalue weighted by Crippen LogP contribution is -2.72. The minimum atomic E-state index is -1.67. The van der Waals surface area contributed by atoms with Gasteiger partial charge in [0, 0.05) is 41.1 Å². The fourth-order valence-corrected chi connectivity index (χ4v) is 15.4. The first kappa shape index (κ1) is 61.3. The molecule has 4 saturated heterocycles. The first-order valence-electron chi connectivity index (χ1n) is 28.3. The van der Waals surface area contributed by atoms with Gasteiger partial charge in [-0.05, 0) is 109 Å². The lowest BCUT2D eigenvalue weighted by Gasteiger charge is -2.66. The van der Waals surface area contributed by atoms with E-state index in [2.05, 4.69) is 6.92 Å². The molecule has 0 bridgehead atoms. The Kier molecular flexibility index (Phi) is 19.3. The van der Waals surface area contributed by atoms with E-state index < -0.39 is 158 Å². The Bertz CT molecular complexity index is 1980. The molecule has 4 heterocycles. The zero-order valence-corrected chi connectivity index (χ0v) is 47.2. The molecule has 0 aromatic rings. The molecular formula is C55H92O22. The fraction of sp³-hybridized carbons (Fsp3) is 0.964. The Morgan fingerprint density at radius 2 is 1.25 bits per heavy atom. The maximum atomic E-state index is 13.1. The Morgan fingerprint density at radius 3 is 1.84 bits per heavy atom. The second-order valence-corrected chi connectivity index (χ2v) is 24.3. The minimum absolute atomic E-state index is 0.00134. The summed E-state index contributed by atoms with van der Waals surface area (Å²) in [6.07, 6.45) is -13.5. The lowest BCUT2D eigenvalue weighted by atomic mass is 9.42. The molecule has 0 aromatic carbocycles. The number of aliphatic hydroxyl groups is 7. The number of hydrogen-bond acceptors (Lipinski definition) is 22. The van der Waals surface area contributed by atoms with Gasteiger partial charge < -0.3 is 97.3 Å². The molecule has 22 heteroatoms. The molecule has 8 fully saturated rings. The molecular weight excluding hydrogens is 1010 g/mol. The summed E-state index contributed by atoms with van der Waals surface area (Å²) in [6.45, 7) is 15.6. The van der Waals surface area contributed by atoms with Gasteiger partial charge in [-0.1, -0.05) is 27.7 Å². The van der Waals surface area contributed by atoms with Gasteiger partial charge in [0.05, 0.1) is 60.2 Å². The Hall–Kier alpha value is -1.78. The second-order valence-electron chi connectivity index (χ2n) is 24.3. The molecule has 7 N–H and O–H groups in total. The van der Waals surface area contributed by atoms with Crippen LogP contribution in [-0.4, -0.2) is 216 Å². The van der Waals surface area contributed by atoms with E-state index in [1.54, 1.807) is 41.9 Å². The summed E-state index contributed by atoms with van der Waals surface area (Å²) in [7, 11) is 4.55. The number of hydrogen-bond donors (Lipinski definition) is 7. The quantitative estimate of drug-likeness (QED) is 0.0811. The molecule has 0 radical (unpaired) electrons. The third-order valence-electron chi connectivity index (χ3n) is 20.3. The summed E-state index contributed by atoms with van der Waals surface area (Å²) in [5.74, 6) is -1.16. The number of methoxy groups -OCH3 is 3. The molecule has 4 aliphatic carbocycles. The molecule has 4 saturated carbocycles. The number of carbonyl (C=O) groups is 2. The van der Waals surface area contributed by atoms with Crippen molar-refractivity contribution < 1.29 is 107 Å². The van der Waals surface area contributed by atoms with Crippen LogP contribution in [0.15, 0.2) is 0 Å². The van der Waals surface area contributed by atoms with Crippen molar-refractivity contribution in [3.8, 4) is 0 Å². The van der Waals surface area contributed by atoms with Gasteiger partial charge in [0.15, 0.2) is 25.2 Å². The maximum Gasteiger partial charge on any atom is 0.309 e. The number of rotatable bonds is 17. The predicted octanol–water partition coefficient (Wildman–Crippen LogP) is 2.16. The minimum Gasteiger partial charge on any atom is -0.462 e. The van der Waals surface area contributed by atoms with Crippen molar-refractivity contribution in [1.82, 2.24) is 0 Å². The lowest BCUT2D eigenvalue weighted by molar-refractivity contribution is -0.373. The van der Waals surface area contributed by atoms with Gasteiger partial charge in [0.1, 0.15) is 72.7 Å². The standard InChI is InChI=1S/C55H92O22/c1-13-25(2)49(62)71-29(6)54(63)18-19-55(64)33-15-14-31-20-32(16-17-52(31,8)34(33)21-38(53(54,55)9)72-30(7)57)73-39-22-35(65-10)45(26(3)68-39)75-40-23-36(66-11)46(27(4)69-40)76-51-44(61)48(67-12)47(28(5)70-51)77-50-43(60)42(59)41(58)37(24-56)74-50/h25-29,31-48,50-51,56,58-61,63-64H,13-24H2,1-12H3/t25-,26-,27-,28-,29-,31+,32+,33-,34+,35+,36-,37-,38-,39+,40+,41-,42+,43-,44-,45-,46-,47-,48+,50+,51+,52+,53-,54-,55+/m1/s1. The van der Waals surface area contributed by atoms with Gasteiger partial charge in [0.2, 0.25) is 0 Å². The zero-order chi connectivity index (χ0) is 56.3. The summed E-state index contributed by atoms with van der Waals surface area (Å²) >= 11 is 0. The van der Waals surface area contributed by atoms with Gasteiger partial charge >= 0.3 is 11.9 Å². The SMILES string of the molecule is CC[C@@H](C)C(=O)O[C@H](C)[C@]1(O)CC[C@]2(O)[C@@H]3CC[C@H]4C[C@@H](O[C@H]5C[C@H](OC)[C@H](O[C@H]6C[C@@H](OC)[C@H](O[C@@H]7O[C@H](C)[C@@H](O[C@@H]8O[C@H](CO)[C@@H](O)[C@H](O)[C@H]8O)[C@@H](OC)[C@H]7O)[C@@H](C)O6)[C@@H](C)O5)CC[C@]4(C)[C@H]3C[C@@H](OC(C)=O)[C@]12C. The zero-order valence-electron chi connectivity index (χ0n) is 47.2. The number of fused-ring (bicyclic) bond motifs is 5. The summed E-state index contributed by atoms with van der Waals surface area (Å²) in [5, 5.41) is 78.1. The van der Waals surface area contributed by atoms with Crippen LogP contribution in [0.25, 0.3) is 0 Å². The maximum absolute atomic E-state index is 13.1. The van der Waals surface area contributed by atoms with Crippen molar-refractivity contribution in [1.29, 1.82) is 0 Å². The monoisotopic (exact) mass is 1100 g/mol. The fourth-order valence-electron chi connectivity index (χ4n) is 15.4. The number of ether oxygens (including phenoxy) is 13. The van der Waals surface area contributed by atoms with Crippen LogP contribution >= 0.6 is 0 Å². The summed E-state index contributed by atoms with van der Waals surface area (Å²) in [4.78, 5) is 25.9. The van der Waals surface area contributed by atoms with Gasteiger partial charge in [-0.3, -0.25) is 9.59 Å². The molecule has 22 nitrogen and oxygen atoms in total. The highest BCUT2D eigenvalue weighted by molar-refractivity contribution is 5.72.